The van der Waals surface area contributed by atoms with Gasteiger partial charge in [0.15, 0.2) is 0 Å². The van der Waals surface area contributed by atoms with Crippen LogP contribution in [0.1, 0.15) is 31.4 Å². The fourth-order valence-electron chi connectivity index (χ4n) is 1.97. The Balaban J connectivity index is 2.23. The van der Waals surface area contributed by atoms with Crippen LogP contribution in [-0.4, -0.2) is 0 Å². The van der Waals surface area contributed by atoms with E-state index in [0.717, 1.165) is 14.9 Å². The number of hydrogen-bond acceptors (Lipinski definition) is 1. The van der Waals surface area contributed by atoms with Crippen molar-refractivity contribution in [2.75, 3.05) is 0 Å². The Hall–Kier alpha value is 0.140. The second-order valence-electron chi connectivity index (χ2n) is 4.39. The molecule has 0 amide bonds. The van der Waals surface area contributed by atoms with E-state index in [-0.39, 0.29) is 6.04 Å². The quantitative estimate of drug-likeness (QED) is 0.879. The summed E-state index contributed by atoms with van der Waals surface area (Å²) < 4.78 is 2.21. The molecule has 1 fully saturated rings. The van der Waals surface area contributed by atoms with Crippen molar-refractivity contribution in [1.82, 2.24) is 0 Å². The first-order valence-electron chi connectivity index (χ1n) is 5.30. The van der Waals surface area contributed by atoms with Gasteiger partial charge < -0.3 is 5.73 Å². The molecule has 2 unspecified atom stereocenters. The fraction of sp³-hybridized carbons (Fsp3) is 0.500. The van der Waals surface area contributed by atoms with E-state index in [0.29, 0.717) is 5.92 Å². The summed E-state index contributed by atoms with van der Waals surface area (Å²) in [5.41, 5.74) is 7.51. The molecule has 1 saturated carbocycles. The molecule has 1 aliphatic carbocycles. The number of rotatable bonds is 3. The Bertz CT molecular complexity index is 361. The van der Waals surface area contributed by atoms with E-state index in [9.17, 15) is 0 Å². The maximum Gasteiger partial charge on any atom is 0.0335 e. The minimum absolute atomic E-state index is 0.143. The summed E-state index contributed by atoms with van der Waals surface area (Å²) in [4.78, 5) is 0. The monoisotopic (exact) mass is 331 g/mol. The summed E-state index contributed by atoms with van der Waals surface area (Å²) in [6, 6.07) is 6.35. The van der Waals surface area contributed by atoms with Crippen molar-refractivity contribution >= 4 is 31.9 Å². The van der Waals surface area contributed by atoms with Crippen molar-refractivity contribution in [3.8, 4) is 0 Å². The van der Waals surface area contributed by atoms with Crippen molar-refractivity contribution in [3.63, 3.8) is 0 Å². The van der Waals surface area contributed by atoms with E-state index < -0.39 is 0 Å². The van der Waals surface area contributed by atoms with Crippen LogP contribution in [-0.2, 0) is 0 Å². The summed E-state index contributed by atoms with van der Waals surface area (Å²) in [6.07, 6.45) is 2.70. The largest absolute Gasteiger partial charge is 0.324 e. The van der Waals surface area contributed by atoms with Gasteiger partial charge in [-0.15, -0.1) is 0 Å². The van der Waals surface area contributed by atoms with Gasteiger partial charge in [0.25, 0.3) is 0 Å². The van der Waals surface area contributed by atoms with Crippen LogP contribution < -0.4 is 5.73 Å². The molecule has 2 atom stereocenters. The normalized spacial score (nSPS) is 20.0. The van der Waals surface area contributed by atoms with Crippen molar-refractivity contribution < 1.29 is 0 Å². The van der Waals surface area contributed by atoms with Crippen molar-refractivity contribution in [2.45, 2.75) is 25.8 Å². The highest BCUT2D eigenvalue weighted by Gasteiger charge is 2.32. The molecule has 1 aromatic rings. The zero-order valence-corrected chi connectivity index (χ0v) is 11.9. The third kappa shape index (κ3) is 2.63. The maximum atomic E-state index is 6.30. The Morgan fingerprint density at radius 1 is 1.33 bits per heavy atom. The molecule has 0 radical (unpaired) electrons. The van der Waals surface area contributed by atoms with E-state index >= 15 is 0 Å². The van der Waals surface area contributed by atoms with Gasteiger partial charge in [-0.1, -0.05) is 38.8 Å². The lowest BCUT2D eigenvalue weighted by Crippen LogP contribution is -2.21. The zero-order valence-electron chi connectivity index (χ0n) is 8.71. The number of nitrogens with two attached hydrogens (primary N) is 1. The highest BCUT2D eigenvalue weighted by molar-refractivity contribution is 9.11. The maximum absolute atomic E-state index is 6.30. The summed E-state index contributed by atoms with van der Waals surface area (Å²) >= 11 is 7.06. The number of benzene rings is 1. The van der Waals surface area contributed by atoms with Gasteiger partial charge in [0.05, 0.1) is 0 Å². The van der Waals surface area contributed by atoms with E-state index in [1.807, 2.05) is 6.07 Å². The summed E-state index contributed by atoms with van der Waals surface area (Å²) in [5.74, 6) is 1.42. The van der Waals surface area contributed by atoms with Gasteiger partial charge in [0, 0.05) is 15.0 Å². The van der Waals surface area contributed by atoms with Crippen LogP contribution in [0.3, 0.4) is 0 Å². The molecule has 0 aromatic heterocycles. The fourth-order valence-corrected chi connectivity index (χ4v) is 2.86. The summed E-state index contributed by atoms with van der Waals surface area (Å²) in [6.45, 7) is 2.26. The van der Waals surface area contributed by atoms with Crippen LogP contribution in [0, 0.1) is 11.8 Å². The lowest BCUT2D eigenvalue weighted by atomic mass is 9.91. The Morgan fingerprint density at radius 2 is 2.00 bits per heavy atom. The molecule has 0 spiro atoms. The molecule has 1 nitrogen and oxygen atoms in total. The van der Waals surface area contributed by atoms with Gasteiger partial charge in [-0.2, -0.15) is 0 Å². The second kappa shape index (κ2) is 4.56. The van der Waals surface area contributed by atoms with E-state index in [2.05, 4.69) is 50.9 Å². The summed E-state index contributed by atoms with van der Waals surface area (Å²) in [5, 5.41) is 0. The predicted molar refractivity (Wildman–Crippen MR) is 70.7 cm³/mol. The molecule has 82 valence electrons. The Morgan fingerprint density at radius 3 is 2.60 bits per heavy atom. The van der Waals surface area contributed by atoms with Gasteiger partial charge >= 0.3 is 0 Å². The number of hydrogen-bond donors (Lipinski definition) is 1. The minimum atomic E-state index is 0.143. The van der Waals surface area contributed by atoms with E-state index in [1.54, 1.807) is 0 Å². The average molecular weight is 333 g/mol. The first-order valence-corrected chi connectivity index (χ1v) is 6.88. The van der Waals surface area contributed by atoms with E-state index in [4.69, 9.17) is 5.73 Å². The van der Waals surface area contributed by atoms with Crippen LogP contribution in [0.5, 0.6) is 0 Å². The predicted octanol–water partition coefficient (Wildman–Crippen LogP) is 4.26. The van der Waals surface area contributed by atoms with Crippen LogP contribution in [0.2, 0.25) is 0 Å². The highest BCUT2D eigenvalue weighted by atomic mass is 79.9. The van der Waals surface area contributed by atoms with E-state index in [1.165, 1.54) is 18.4 Å². The van der Waals surface area contributed by atoms with Crippen molar-refractivity contribution in [2.24, 2.45) is 17.6 Å². The smallest absolute Gasteiger partial charge is 0.0335 e. The highest BCUT2D eigenvalue weighted by Crippen LogP contribution is 2.43. The SMILES string of the molecule is CC(C1CC1)C(N)c1cc(Br)ccc1Br. The Labute approximate surface area is 108 Å². The molecule has 0 bridgehead atoms. The van der Waals surface area contributed by atoms with Gasteiger partial charge in [0.2, 0.25) is 0 Å². The third-order valence-corrected chi connectivity index (χ3v) is 4.46. The lowest BCUT2D eigenvalue weighted by Gasteiger charge is -2.21. The molecular weight excluding hydrogens is 318 g/mol. The average Bonchev–Trinajstić information content (AvgIpc) is 3.03. The first kappa shape index (κ1) is 11.6. The molecule has 1 aliphatic rings. The molecule has 2 rings (SSSR count). The molecule has 1 aromatic carbocycles. The molecule has 3 heteroatoms. The third-order valence-electron chi connectivity index (χ3n) is 3.25. The molecule has 2 N–H and O–H groups in total. The van der Waals surface area contributed by atoms with Crippen molar-refractivity contribution in [1.29, 1.82) is 0 Å². The van der Waals surface area contributed by atoms with Gasteiger partial charge in [-0.3, -0.25) is 0 Å². The van der Waals surface area contributed by atoms with Crippen LogP contribution >= 0.6 is 31.9 Å². The standard InChI is InChI=1S/C12H15Br2N/c1-7(8-2-3-8)12(15)10-6-9(13)4-5-11(10)14/h4-8,12H,2-3,15H2,1H3. The molecule has 0 aliphatic heterocycles. The first-order chi connectivity index (χ1) is 7.09. The van der Waals surface area contributed by atoms with Gasteiger partial charge in [0.1, 0.15) is 0 Å². The second-order valence-corrected chi connectivity index (χ2v) is 6.16. The summed E-state index contributed by atoms with van der Waals surface area (Å²) in [7, 11) is 0. The van der Waals surface area contributed by atoms with Crippen LogP contribution in [0.25, 0.3) is 0 Å². The zero-order chi connectivity index (χ0) is 11.0. The molecular formula is C12H15Br2N. The number of halogens is 2. The molecule has 0 saturated heterocycles. The minimum Gasteiger partial charge on any atom is -0.324 e. The topological polar surface area (TPSA) is 26.0 Å². The van der Waals surface area contributed by atoms with Crippen LogP contribution in [0.15, 0.2) is 27.1 Å². The lowest BCUT2D eigenvalue weighted by molar-refractivity contribution is 0.416. The van der Waals surface area contributed by atoms with Crippen molar-refractivity contribution in [3.05, 3.63) is 32.7 Å². The van der Waals surface area contributed by atoms with Gasteiger partial charge in [-0.25, -0.2) is 0 Å². The molecule has 0 heterocycles. The molecule has 15 heavy (non-hydrogen) atoms. The Kier molecular flexibility index (Phi) is 3.53. The van der Waals surface area contributed by atoms with Gasteiger partial charge in [-0.05, 0) is 48.4 Å². The van der Waals surface area contributed by atoms with Crippen LogP contribution in [0.4, 0.5) is 0 Å².